The van der Waals surface area contributed by atoms with Crippen LogP contribution in [0.2, 0.25) is 5.02 Å². The van der Waals surface area contributed by atoms with Crippen LogP contribution in [-0.4, -0.2) is 16.0 Å². The van der Waals surface area contributed by atoms with Gasteiger partial charge in [0.25, 0.3) is 0 Å². The molecule has 1 aromatic carbocycles. The summed E-state index contributed by atoms with van der Waals surface area (Å²) in [6, 6.07) is 4.21. The summed E-state index contributed by atoms with van der Waals surface area (Å²) in [4.78, 5) is 15.4. The lowest BCUT2D eigenvalue weighted by atomic mass is 10.1. The topological polar surface area (TPSA) is 68.0 Å². The summed E-state index contributed by atoms with van der Waals surface area (Å²) < 4.78 is 18.2. The van der Waals surface area contributed by atoms with Crippen LogP contribution in [0.25, 0.3) is 0 Å². The largest absolute Gasteiger partial charge is 0.328 e. The van der Waals surface area contributed by atoms with Crippen LogP contribution in [-0.2, 0) is 11.2 Å². The monoisotopic (exact) mass is 269 g/mol. The summed E-state index contributed by atoms with van der Waals surface area (Å²) in [5.74, 6) is -0.612. The minimum Gasteiger partial charge on any atom is -0.315 e. The van der Waals surface area contributed by atoms with Crippen LogP contribution in [0.1, 0.15) is 11.4 Å². The van der Waals surface area contributed by atoms with Crippen molar-refractivity contribution in [3.05, 3.63) is 40.4 Å². The summed E-state index contributed by atoms with van der Waals surface area (Å²) in [5, 5.41) is 6.07. The quantitative estimate of drug-likeness (QED) is 0.929. The predicted molar refractivity (Wildman–Crippen MR) is 62.8 cm³/mol. The highest BCUT2D eigenvalue weighted by atomic mass is 35.5. The molecule has 0 atom stereocenters. The second-order valence-corrected chi connectivity index (χ2v) is 3.98. The number of nitrogens with zero attached hydrogens (tertiary/aromatic N) is 2. The Morgan fingerprint density at radius 2 is 2.33 bits per heavy atom. The Kier molecular flexibility index (Phi) is 3.57. The fourth-order valence-corrected chi connectivity index (χ4v) is 1.60. The molecular weight excluding hydrogens is 261 g/mol. The Bertz CT molecular complexity index is 565. The highest BCUT2D eigenvalue weighted by Gasteiger charge is 2.14. The van der Waals surface area contributed by atoms with E-state index in [9.17, 15) is 9.18 Å². The van der Waals surface area contributed by atoms with Gasteiger partial charge in [-0.25, -0.2) is 4.39 Å². The maximum absolute atomic E-state index is 13.4. The van der Waals surface area contributed by atoms with E-state index >= 15 is 0 Å². The number of aryl methyl sites for hydroxylation is 1. The van der Waals surface area contributed by atoms with Gasteiger partial charge in [0.2, 0.25) is 5.91 Å². The molecule has 94 valence electrons. The molecule has 0 unspecified atom stereocenters. The molecule has 0 bridgehead atoms. The van der Waals surface area contributed by atoms with Crippen molar-refractivity contribution in [3.63, 3.8) is 0 Å². The van der Waals surface area contributed by atoms with Gasteiger partial charge in [0.1, 0.15) is 5.82 Å². The third-order valence-electron chi connectivity index (χ3n) is 2.17. The zero-order valence-corrected chi connectivity index (χ0v) is 10.2. The maximum atomic E-state index is 13.4. The van der Waals surface area contributed by atoms with Gasteiger partial charge in [0, 0.05) is 10.6 Å². The van der Waals surface area contributed by atoms with Gasteiger partial charge in [0.05, 0.1) is 6.42 Å². The molecule has 0 fully saturated rings. The van der Waals surface area contributed by atoms with E-state index in [2.05, 4.69) is 15.5 Å². The van der Waals surface area contributed by atoms with E-state index in [-0.39, 0.29) is 23.0 Å². The van der Waals surface area contributed by atoms with Gasteiger partial charge < -0.3 is 4.52 Å². The van der Waals surface area contributed by atoms with Crippen LogP contribution in [0, 0.1) is 12.7 Å². The van der Waals surface area contributed by atoms with Gasteiger partial charge in [-0.05, 0) is 19.1 Å². The van der Waals surface area contributed by atoms with E-state index in [1.165, 1.54) is 18.2 Å². The number of hydrogen-bond acceptors (Lipinski definition) is 4. The Morgan fingerprint density at radius 1 is 1.56 bits per heavy atom. The zero-order chi connectivity index (χ0) is 13.1. The number of carbonyl (C=O) groups is 1. The fourth-order valence-electron chi connectivity index (χ4n) is 1.37. The molecular formula is C11H9ClFN3O2. The van der Waals surface area contributed by atoms with Crippen molar-refractivity contribution in [1.82, 2.24) is 10.1 Å². The van der Waals surface area contributed by atoms with E-state index in [1.807, 2.05) is 0 Å². The number of amides is 1. The minimum absolute atomic E-state index is 0.0232. The lowest BCUT2D eigenvalue weighted by Crippen LogP contribution is -2.15. The van der Waals surface area contributed by atoms with Gasteiger partial charge >= 0.3 is 6.01 Å². The highest BCUT2D eigenvalue weighted by molar-refractivity contribution is 6.31. The average molecular weight is 270 g/mol. The highest BCUT2D eigenvalue weighted by Crippen LogP contribution is 2.19. The van der Waals surface area contributed by atoms with E-state index < -0.39 is 11.7 Å². The number of hydrogen-bond donors (Lipinski definition) is 1. The first-order chi connectivity index (χ1) is 8.56. The molecule has 0 radical (unpaired) electrons. The molecule has 2 aromatic rings. The first-order valence-electron chi connectivity index (χ1n) is 5.09. The summed E-state index contributed by atoms with van der Waals surface area (Å²) >= 11 is 5.81. The van der Waals surface area contributed by atoms with Crippen LogP contribution >= 0.6 is 11.6 Å². The Morgan fingerprint density at radius 3 is 2.94 bits per heavy atom. The Balaban J connectivity index is 2.08. The lowest BCUT2D eigenvalue weighted by molar-refractivity contribution is -0.115. The van der Waals surface area contributed by atoms with E-state index in [0.717, 1.165) is 0 Å². The Hall–Kier alpha value is -1.95. The van der Waals surface area contributed by atoms with Gasteiger partial charge in [-0.3, -0.25) is 10.1 Å². The van der Waals surface area contributed by atoms with Gasteiger partial charge in [-0.1, -0.05) is 22.8 Å². The van der Waals surface area contributed by atoms with Crippen LogP contribution in [0.5, 0.6) is 0 Å². The second kappa shape index (κ2) is 5.14. The predicted octanol–water partition coefficient (Wildman–Crippen LogP) is 2.35. The number of benzene rings is 1. The standard InChI is InChI=1S/C11H9ClFN3O2/c1-6-14-11(18-16-6)15-10(17)5-7-8(12)3-2-4-9(7)13/h2-4H,5H2,1H3,(H,14,15,16,17). The smallest absolute Gasteiger partial charge is 0.315 e. The molecule has 0 aliphatic rings. The third kappa shape index (κ3) is 2.84. The molecule has 1 heterocycles. The number of carbonyl (C=O) groups excluding carboxylic acids is 1. The molecule has 1 aromatic heterocycles. The molecule has 18 heavy (non-hydrogen) atoms. The van der Waals surface area contributed by atoms with Gasteiger partial charge in [0.15, 0.2) is 5.82 Å². The molecule has 1 amide bonds. The van der Waals surface area contributed by atoms with Crippen molar-refractivity contribution in [2.75, 3.05) is 5.32 Å². The first kappa shape index (κ1) is 12.5. The fraction of sp³-hybridized carbons (Fsp3) is 0.182. The van der Waals surface area contributed by atoms with Crippen molar-refractivity contribution in [1.29, 1.82) is 0 Å². The van der Waals surface area contributed by atoms with Crippen LogP contribution < -0.4 is 5.32 Å². The average Bonchev–Trinajstić information content (AvgIpc) is 2.69. The molecule has 0 aliphatic carbocycles. The number of halogens is 2. The summed E-state index contributed by atoms with van der Waals surface area (Å²) in [6.07, 6.45) is -0.201. The number of anilines is 1. The number of nitrogens with one attached hydrogen (secondary N) is 1. The van der Waals surface area contributed by atoms with Gasteiger partial charge in [-0.15, -0.1) is 0 Å². The van der Waals surface area contributed by atoms with Crippen molar-refractivity contribution < 1.29 is 13.7 Å². The van der Waals surface area contributed by atoms with Gasteiger partial charge in [-0.2, -0.15) is 4.98 Å². The molecule has 0 spiro atoms. The van der Waals surface area contributed by atoms with Crippen LogP contribution in [0.3, 0.4) is 0 Å². The summed E-state index contributed by atoms with van der Waals surface area (Å²) in [7, 11) is 0. The van der Waals surface area contributed by atoms with Crippen molar-refractivity contribution in [2.45, 2.75) is 13.3 Å². The molecule has 0 aliphatic heterocycles. The van der Waals surface area contributed by atoms with Crippen molar-refractivity contribution in [2.24, 2.45) is 0 Å². The number of aromatic nitrogens is 2. The Labute approximate surface area is 107 Å². The number of rotatable bonds is 3. The summed E-state index contributed by atoms with van der Waals surface area (Å²) in [6.45, 7) is 1.62. The zero-order valence-electron chi connectivity index (χ0n) is 9.41. The van der Waals surface area contributed by atoms with Crippen molar-refractivity contribution >= 4 is 23.5 Å². The lowest BCUT2D eigenvalue weighted by Gasteiger charge is -2.04. The maximum Gasteiger partial charge on any atom is 0.328 e. The summed E-state index contributed by atoms with van der Waals surface area (Å²) in [5.41, 5.74) is 0.132. The van der Waals surface area contributed by atoms with E-state index in [1.54, 1.807) is 6.92 Å². The molecule has 2 rings (SSSR count). The molecule has 5 nitrogen and oxygen atoms in total. The minimum atomic E-state index is -0.528. The molecule has 7 heteroatoms. The molecule has 0 saturated carbocycles. The van der Waals surface area contributed by atoms with E-state index in [4.69, 9.17) is 16.1 Å². The normalized spacial score (nSPS) is 10.4. The third-order valence-corrected chi connectivity index (χ3v) is 2.53. The van der Waals surface area contributed by atoms with Crippen LogP contribution in [0.15, 0.2) is 22.7 Å². The van der Waals surface area contributed by atoms with E-state index in [0.29, 0.717) is 5.82 Å². The van der Waals surface area contributed by atoms with Crippen molar-refractivity contribution in [3.8, 4) is 0 Å². The molecule has 0 saturated heterocycles. The SMILES string of the molecule is Cc1noc(NC(=O)Cc2c(F)cccc2Cl)n1. The first-order valence-corrected chi connectivity index (χ1v) is 5.47. The second-order valence-electron chi connectivity index (χ2n) is 3.57. The molecule has 1 N–H and O–H groups in total. The van der Waals surface area contributed by atoms with Crippen LogP contribution in [0.4, 0.5) is 10.4 Å².